The second-order valence-corrected chi connectivity index (χ2v) is 13.0. The van der Waals surface area contributed by atoms with E-state index in [1.54, 1.807) is 0 Å². The molecule has 0 aliphatic rings. The van der Waals surface area contributed by atoms with Gasteiger partial charge in [0.2, 0.25) is 0 Å². The van der Waals surface area contributed by atoms with E-state index in [0.717, 1.165) is 21.4 Å². The molecule has 0 aromatic heterocycles. The molecule has 0 heterocycles. The SMILES string of the molecule is CCP(=O)(c1ccc2ccc3cccc4ccc1c2c34)c1ccc2ccc3cccc4ccc1c2c34. The van der Waals surface area contributed by atoms with Gasteiger partial charge < -0.3 is 4.57 Å². The Balaban J connectivity index is 1.50. The van der Waals surface area contributed by atoms with Crippen LogP contribution in [0, 0.1) is 0 Å². The zero-order valence-corrected chi connectivity index (χ0v) is 20.8. The summed E-state index contributed by atoms with van der Waals surface area (Å²) < 4.78 is 15.3. The van der Waals surface area contributed by atoms with Crippen molar-refractivity contribution in [2.24, 2.45) is 0 Å². The minimum atomic E-state index is -2.92. The molecule has 0 radical (unpaired) electrons. The van der Waals surface area contributed by atoms with Crippen LogP contribution in [0.2, 0.25) is 0 Å². The van der Waals surface area contributed by atoms with Crippen molar-refractivity contribution < 1.29 is 4.57 Å². The van der Waals surface area contributed by atoms with E-state index in [1.807, 2.05) is 0 Å². The molecule has 0 atom stereocenters. The van der Waals surface area contributed by atoms with Gasteiger partial charge in [-0.3, -0.25) is 0 Å². The number of rotatable bonds is 3. The van der Waals surface area contributed by atoms with Crippen molar-refractivity contribution >= 4 is 82.4 Å². The van der Waals surface area contributed by atoms with Crippen molar-refractivity contribution in [1.82, 2.24) is 0 Å². The van der Waals surface area contributed by atoms with Crippen LogP contribution in [-0.2, 0) is 4.57 Å². The van der Waals surface area contributed by atoms with Crippen LogP contribution in [0.3, 0.4) is 0 Å². The Labute approximate surface area is 209 Å². The Kier molecular flexibility index (Phi) is 3.98. The lowest BCUT2D eigenvalue weighted by molar-refractivity contribution is 0.588. The van der Waals surface area contributed by atoms with Crippen molar-refractivity contribution in [1.29, 1.82) is 0 Å². The fourth-order valence-electron chi connectivity index (χ4n) is 6.54. The maximum atomic E-state index is 15.3. The van der Waals surface area contributed by atoms with Gasteiger partial charge in [-0.15, -0.1) is 0 Å². The summed E-state index contributed by atoms with van der Waals surface area (Å²) in [6, 6.07) is 39.1. The van der Waals surface area contributed by atoms with Gasteiger partial charge in [0.05, 0.1) is 0 Å². The molecule has 8 aromatic carbocycles. The highest BCUT2D eigenvalue weighted by Gasteiger charge is 2.30. The van der Waals surface area contributed by atoms with E-state index in [2.05, 4.69) is 116 Å². The molecule has 0 amide bonds. The highest BCUT2D eigenvalue weighted by atomic mass is 31.2. The molecule has 0 aliphatic heterocycles. The van der Waals surface area contributed by atoms with E-state index >= 15 is 4.57 Å². The summed E-state index contributed by atoms with van der Waals surface area (Å²) in [5.74, 6) is 0. The second kappa shape index (κ2) is 7.06. The molecule has 2 heteroatoms. The Morgan fingerprint density at radius 1 is 0.444 bits per heavy atom. The van der Waals surface area contributed by atoms with Gasteiger partial charge in [-0.1, -0.05) is 104 Å². The van der Waals surface area contributed by atoms with E-state index < -0.39 is 7.14 Å². The molecule has 0 fully saturated rings. The van der Waals surface area contributed by atoms with Crippen LogP contribution in [0.5, 0.6) is 0 Å². The summed E-state index contributed by atoms with van der Waals surface area (Å²) >= 11 is 0. The molecule has 0 spiro atoms. The third-order valence-corrected chi connectivity index (χ3v) is 11.5. The van der Waals surface area contributed by atoms with Crippen molar-refractivity contribution in [2.75, 3.05) is 6.16 Å². The molecule has 36 heavy (non-hydrogen) atoms. The molecule has 1 nitrogen and oxygen atoms in total. The summed E-state index contributed by atoms with van der Waals surface area (Å²) in [7, 11) is -2.92. The zero-order chi connectivity index (χ0) is 24.0. The predicted octanol–water partition coefficient (Wildman–Crippen LogP) is 8.82. The van der Waals surface area contributed by atoms with Gasteiger partial charge >= 0.3 is 0 Å². The lowest BCUT2D eigenvalue weighted by Crippen LogP contribution is -2.19. The fourth-order valence-corrected chi connectivity index (χ4v) is 9.26. The summed E-state index contributed by atoms with van der Waals surface area (Å²) in [4.78, 5) is 0. The monoisotopic (exact) mass is 478 g/mol. The number of benzene rings is 8. The summed E-state index contributed by atoms with van der Waals surface area (Å²) in [5.41, 5.74) is 0. The molecule has 0 saturated carbocycles. The smallest absolute Gasteiger partial charge is 0.144 e. The summed E-state index contributed by atoms with van der Waals surface area (Å²) in [6.45, 7) is 2.08. The van der Waals surface area contributed by atoms with E-state index in [9.17, 15) is 0 Å². The van der Waals surface area contributed by atoms with E-state index in [1.165, 1.54) is 53.9 Å². The molecule has 0 aliphatic carbocycles. The molecule has 170 valence electrons. The Hall–Kier alpha value is -3.93. The number of hydrogen-bond acceptors (Lipinski definition) is 1. The van der Waals surface area contributed by atoms with Crippen molar-refractivity contribution in [2.45, 2.75) is 6.92 Å². The Morgan fingerprint density at radius 2 is 0.778 bits per heavy atom. The topological polar surface area (TPSA) is 17.1 Å². The maximum Gasteiger partial charge on any atom is 0.144 e. The van der Waals surface area contributed by atoms with Crippen LogP contribution >= 0.6 is 7.14 Å². The van der Waals surface area contributed by atoms with Crippen LogP contribution in [0.25, 0.3) is 64.6 Å². The normalized spacial score (nSPS) is 12.8. The van der Waals surface area contributed by atoms with Gasteiger partial charge in [-0.05, 0) is 76.8 Å². The lowest BCUT2D eigenvalue weighted by atomic mass is 9.94. The highest BCUT2D eigenvalue weighted by molar-refractivity contribution is 7.79. The lowest BCUT2D eigenvalue weighted by Gasteiger charge is -2.24. The average Bonchev–Trinajstić information content (AvgIpc) is 2.94. The van der Waals surface area contributed by atoms with Gasteiger partial charge in [0.1, 0.15) is 7.14 Å². The molecule has 0 bridgehead atoms. The van der Waals surface area contributed by atoms with Gasteiger partial charge in [0.25, 0.3) is 0 Å². The first-order chi connectivity index (χ1) is 17.7. The molecule has 8 rings (SSSR count). The van der Waals surface area contributed by atoms with Gasteiger partial charge in [0.15, 0.2) is 0 Å². The molecular weight excluding hydrogens is 455 g/mol. The van der Waals surface area contributed by atoms with E-state index in [0.29, 0.717) is 6.16 Å². The molecule has 8 aromatic rings. The third kappa shape index (κ3) is 2.49. The second-order valence-electron chi connectivity index (χ2n) is 9.94. The van der Waals surface area contributed by atoms with Crippen molar-refractivity contribution in [3.63, 3.8) is 0 Å². The van der Waals surface area contributed by atoms with Crippen LogP contribution in [0.4, 0.5) is 0 Å². The van der Waals surface area contributed by atoms with E-state index in [4.69, 9.17) is 0 Å². The first-order valence-corrected chi connectivity index (χ1v) is 14.5. The van der Waals surface area contributed by atoms with Crippen molar-refractivity contribution in [3.05, 3.63) is 109 Å². The Morgan fingerprint density at radius 3 is 1.17 bits per heavy atom. The average molecular weight is 479 g/mol. The van der Waals surface area contributed by atoms with Crippen molar-refractivity contribution in [3.8, 4) is 0 Å². The fraction of sp³-hybridized carbons (Fsp3) is 0.0588. The minimum absolute atomic E-state index is 0.584. The minimum Gasteiger partial charge on any atom is -0.314 e. The maximum absolute atomic E-state index is 15.3. The van der Waals surface area contributed by atoms with Gasteiger partial charge in [0, 0.05) is 16.8 Å². The predicted molar refractivity (Wildman–Crippen MR) is 158 cm³/mol. The highest BCUT2D eigenvalue weighted by Crippen LogP contribution is 2.49. The van der Waals surface area contributed by atoms with Gasteiger partial charge in [-0.2, -0.15) is 0 Å². The third-order valence-electron chi connectivity index (χ3n) is 8.23. The molecule has 0 unspecified atom stereocenters. The molecular formula is C34H23OP. The molecule has 0 saturated heterocycles. The largest absolute Gasteiger partial charge is 0.314 e. The van der Waals surface area contributed by atoms with Crippen LogP contribution in [0.1, 0.15) is 6.92 Å². The van der Waals surface area contributed by atoms with Gasteiger partial charge in [-0.25, -0.2) is 0 Å². The quantitative estimate of drug-likeness (QED) is 0.183. The van der Waals surface area contributed by atoms with Crippen LogP contribution in [0.15, 0.2) is 109 Å². The Bertz CT molecular complexity index is 1990. The first kappa shape index (κ1) is 20.3. The number of hydrogen-bond donors (Lipinski definition) is 0. The van der Waals surface area contributed by atoms with Crippen LogP contribution < -0.4 is 10.6 Å². The summed E-state index contributed by atoms with van der Waals surface area (Å²) in [6.07, 6.45) is 0.584. The molecule has 0 N–H and O–H groups in total. The first-order valence-electron chi connectivity index (χ1n) is 12.6. The van der Waals surface area contributed by atoms with E-state index in [-0.39, 0.29) is 0 Å². The summed E-state index contributed by atoms with van der Waals surface area (Å²) in [5, 5.41) is 16.5. The standard InChI is InChI=1S/C34H23OP/c1-2-36(35,29-19-15-25-11-9-21-5-3-7-23-13-17-27(29)33(25)31(21)23)30-20-16-26-12-10-22-6-4-8-24-14-18-28(30)34(26)32(22)24/h3-20H,2H2,1H3. The zero-order valence-electron chi connectivity index (χ0n) is 20.0. The van der Waals surface area contributed by atoms with Crippen LogP contribution in [-0.4, -0.2) is 6.16 Å².